The normalized spacial score (nSPS) is 12.5. The van der Waals surface area contributed by atoms with E-state index in [1.807, 2.05) is 18.2 Å². The second-order valence-electron chi connectivity index (χ2n) is 6.55. The maximum absolute atomic E-state index is 12.6. The molecule has 0 saturated carbocycles. The first-order valence-corrected chi connectivity index (χ1v) is 8.72. The topological polar surface area (TPSA) is 109 Å². The molecule has 146 valence electrons. The third kappa shape index (κ3) is 3.02. The summed E-state index contributed by atoms with van der Waals surface area (Å²) in [7, 11) is 3.18. The lowest BCUT2D eigenvalue weighted by Gasteiger charge is -2.09. The van der Waals surface area contributed by atoms with Gasteiger partial charge in [0, 0.05) is 20.6 Å². The lowest BCUT2D eigenvalue weighted by molar-refractivity contribution is -0.121. The quantitative estimate of drug-likeness (QED) is 0.635. The van der Waals surface area contributed by atoms with Crippen molar-refractivity contribution in [3.8, 4) is 11.5 Å². The van der Waals surface area contributed by atoms with E-state index in [2.05, 4.69) is 10.3 Å². The molecule has 0 fully saturated rings. The highest BCUT2D eigenvalue weighted by molar-refractivity contribution is 5.76. The zero-order valence-electron chi connectivity index (χ0n) is 15.5. The SMILES string of the molecule is Cn1cnc2c1c(=O)n(CC(=O)NCCc1ccc3c(c1)OCO3)c(=O)n2C. The molecular formula is C18H19N5O5. The first-order chi connectivity index (χ1) is 13.5. The van der Waals surface area contributed by atoms with Crippen molar-refractivity contribution in [1.82, 2.24) is 24.0 Å². The Kier molecular flexibility index (Phi) is 4.38. The first-order valence-electron chi connectivity index (χ1n) is 8.72. The predicted octanol–water partition coefficient (Wildman–Crippen LogP) is -0.479. The maximum Gasteiger partial charge on any atom is 0.332 e. The molecule has 10 heteroatoms. The Balaban J connectivity index is 1.45. The Hall–Kier alpha value is -3.56. The van der Waals surface area contributed by atoms with E-state index < -0.39 is 17.2 Å². The van der Waals surface area contributed by atoms with Gasteiger partial charge in [0.1, 0.15) is 6.54 Å². The smallest absolute Gasteiger partial charge is 0.332 e. The molecule has 0 aliphatic carbocycles. The van der Waals surface area contributed by atoms with Gasteiger partial charge in [-0.3, -0.25) is 14.2 Å². The molecule has 1 aromatic carbocycles. The monoisotopic (exact) mass is 385 g/mol. The van der Waals surface area contributed by atoms with E-state index in [9.17, 15) is 14.4 Å². The molecule has 3 heterocycles. The number of nitrogens with one attached hydrogen (secondary N) is 1. The maximum atomic E-state index is 12.6. The van der Waals surface area contributed by atoms with Gasteiger partial charge in [0.05, 0.1) is 6.33 Å². The Labute approximate surface area is 158 Å². The van der Waals surface area contributed by atoms with Crippen molar-refractivity contribution >= 4 is 17.1 Å². The van der Waals surface area contributed by atoms with E-state index in [1.165, 1.54) is 22.5 Å². The number of amides is 1. The predicted molar refractivity (Wildman–Crippen MR) is 99.5 cm³/mol. The van der Waals surface area contributed by atoms with E-state index in [1.54, 1.807) is 7.05 Å². The van der Waals surface area contributed by atoms with Gasteiger partial charge in [-0.2, -0.15) is 0 Å². The summed E-state index contributed by atoms with van der Waals surface area (Å²) in [6.45, 7) is 0.218. The Morgan fingerprint density at radius 2 is 2.00 bits per heavy atom. The highest BCUT2D eigenvalue weighted by Gasteiger charge is 2.17. The molecule has 0 bridgehead atoms. The van der Waals surface area contributed by atoms with Crippen LogP contribution >= 0.6 is 0 Å². The van der Waals surface area contributed by atoms with Crippen molar-refractivity contribution < 1.29 is 14.3 Å². The van der Waals surface area contributed by atoms with Crippen LogP contribution in [0.2, 0.25) is 0 Å². The van der Waals surface area contributed by atoms with Crippen LogP contribution in [0.3, 0.4) is 0 Å². The largest absolute Gasteiger partial charge is 0.454 e. The van der Waals surface area contributed by atoms with Crippen LogP contribution in [0.15, 0.2) is 34.1 Å². The van der Waals surface area contributed by atoms with Crippen LogP contribution in [0.1, 0.15) is 5.56 Å². The van der Waals surface area contributed by atoms with Crippen LogP contribution in [-0.4, -0.2) is 37.9 Å². The van der Waals surface area contributed by atoms with E-state index >= 15 is 0 Å². The van der Waals surface area contributed by atoms with Gasteiger partial charge < -0.3 is 19.4 Å². The van der Waals surface area contributed by atoms with Crippen LogP contribution in [0.4, 0.5) is 0 Å². The third-order valence-corrected chi connectivity index (χ3v) is 4.68. The van der Waals surface area contributed by atoms with Gasteiger partial charge in [-0.25, -0.2) is 14.3 Å². The molecule has 2 aromatic heterocycles. The molecule has 3 aromatic rings. The first kappa shape index (κ1) is 17.8. The van der Waals surface area contributed by atoms with Crippen molar-refractivity contribution in [2.75, 3.05) is 13.3 Å². The van der Waals surface area contributed by atoms with Gasteiger partial charge in [-0.1, -0.05) is 6.07 Å². The molecule has 28 heavy (non-hydrogen) atoms. The van der Waals surface area contributed by atoms with Crippen LogP contribution < -0.4 is 26.0 Å². The van der Waals surface area contributed by atoms with Gasteiger partial charge in [-0.05, 0) is 24.1 Å². The highest BCUT2D eigenvalue weighted by atomic mass is 16.7. The average molecular weight is 385 g/mol. The molecule has 1 N–H and O–H groups in total. The lowest BCUT2D eigenvalue weighted by atomic mass is 10.1. The van der Waals surface area contributed by atoms with E-state index in [-0.39, 0.29) is 24.5 Å². The number of carbonyl (C=O) groups is 1. The molecule has 1 aliphatic heterocycles. The van der Waals surface area contributed by atoms with Crippen molar-refractivity contribution in [3.05, 3.63) is 50.9 Å². The number of aromatic nitrogens is 4. The number of benzene rings is 1. The molecule has 0 atom stereocenters. The number of aryl methyl sites for hydroxylation is 2. The minimum Gasteiger partial charge on any atom is -0.454 e. The standard InChI is InChI=1S/C18H19N5O5/c1-21-9-20-16-15(21)17(25)23(18(26)22(16)2)8-14(24)19-6-5-11-3-4-12-13(7-11)28-10-27-12/h3-4,7,9H,5-6,8,10H2,1-2H3,(H,19,24). The lowest BCUT2D eigenvalue weighted by Crippen LogP contribution is -2.43. The van der Waals surface area contributed by atoms with Crippen molar-refractivity contribution in [1.29, 1.82) is 0 Å². The number of hydrogen-bond donors (Lipinski definition) is 1. The molecule has 0 saturated heterocycles. The molecule has 1 aliphatic rings. The molecule has 0 spiro atoms. The minimum absolute atomic E-state index is 0.209. The number of fused-ring (bicyclic) bond motifs is 2. The summed E-state index contributed by atoms with van der Waals surface area (Å²) in [5.74, 6) is 0.971. The molecule has 0 radical (unpaired) electrons. The van der Waals surface area contributed by atoms with Crippen LogP contribution in [0.5, 0.6) is 11.5 Å². The number of carbonyl (C=O) groups excluding carboxylic acids is 1. The van der Waals surface area contributed by atoms with E-state index in [4.69, 9.17) is 9.47 Å². The fourth-order valence-electron chi connectivity index (χ4n) is 3.18. The van der Waals surface area contributed by atoms with Crippen molar-refractivity contribution in [3.63, 3.8) is 0 Å². The fraction of sp³-hybridized carbons (Fsp3) is 0.333. The van der Waals surface area contributed by atoms with Crippen molar-refractivity contribution in [2.24, 2.45) is 14.1 Å². The highest BCUT2D eigenvalue weighted by Crippen LogP contribution is 2.32. The van der Waals surface area contributed by atoms with Gasteiger partial charge in [0.15, 0.2) is 22.7 Å². The summed E-state index contributed by atoms with van der Waals surface area (Å²) in [6.07, 6.45) is 2.04. The van der Waals surface area contributed by atoms with E-state index in [0.29, 0.717) is 24.5 Å². The second-order valence-corrected chi connectivity index (χ2v) is 6.55. The third-order valence-electron chi connectivity index (χ3n) is 4.68. The summed E-state index contributed by atoms with van der Waals surface area (Å²) in [5.41, 5.74) is 0.423. The van der Waals surface area contributed by atoms with Gasteiger partial charge in [-0.15, -0.1) is 0 Å². The zero-order chi connectivity index (χ0) is 19.8. The fourth-order valence-corrected chi connectivity index (χ4v) is 3.18. The van der Waals surface area contributed by atoms with E-state index in [0.717, 1.165) is 10.1 Å². The number of imidazole rings is 1. The molecule has 4 rings (SSSR count). The number of rotatable bonds is 5. The summed E-state index contributed by atoms with van der Waals surface area (Å²) in [5, 5.41) is 2.74. The van der Waals surface area contributed by atoms with Crippen LogP contribution in [0, 0.1) is 0 Å². The summed E-state index contributed by atoms with van der Waals surface area (Å²) >= 11 is 0. The molecule has 10 nitrogen and oxygen atoms in total. The van der Waals surface area contributed by atoms with Crippen LogP contribution in [-0.2, 0) is 31.9 Å². The molecule has 1 amide bonds. The number of nitrogens with zero attached hydrogens (tertiary/aromatic N) is 4. The summed E-state index contributed by atoms with van der Waals surface area (Å²) in [4.78, 5) is 41.4. The second kappa shape index (κ2) is 6.87. The van der Waals surface area contributed by atoms with Gasteiger partial charge in [0.25, 0.3) is 5.56 Å². The van der Waals surface area contributed by atoms with Gasteiger partial charge >= 0.3 is 5.69 Å². The average Bonchev–Trinajstić information content (AvgIpc) is 3.29. The summed E-state index contributed by atoms with van der Waals surface area (Å²) < 4.78 is 14.3. The number of ether oxygens (including phenoxy) is 2. The summed E-state index contributed by atoms with van der Waals surface area (Å²) in [6, 6.07) is 5.59. The Morgan fingerprint density at radius 1 is 1.21 bits per heavy atom. The Bertz CT molecular complexity index is 1190. The molecule has 0 unspecified atom stereocenters. The Morgan fingerprint density at radius 3 is 2.82 bits per heavy atom. The minimum atomic E-state index is -0.581. The van der Waals surface area contributed by atoms with Gasteiger partial charge in [0.2, 0.25) is 12.7 Å². The van der Waals surface area contributed by atoms with Crippen LogP contribution in [0.25, 0.3) is 11.2 Å². The molecular weight excluding hydrogens is 366 g/mol. The number of hydrogen-bond acceptors (Lipinski definition) is 6. The van der Waals surface area contributed by atoms with Crippen molar-refractivity contribution in [2.45, 2.75) is 13.0 Å². The zero-order valence-corrected chi connectivity index (χ0v) is 15.5.